The second-order valence-corrected chi connectivity index (χ2v) is 8.09. The summed E-state index contributed by atoms with van der Waals surface area (Å²) >= 11 is 0. The van der Waals surface area contributed by atoms with Crippen molar-refractivity contribution >= 4 is 17.5 Å². The molecular formula is C19H20F5N5O2. The van der Waals surface area contributed by atoms with Crippen molar-refractivity contribution in [3.05, 3.63) is 29.7 Å². The van der Waals surface area contributed by atoms with E-state index in [9.17, 15) is 31.5 Å². The minimum Gasteiger partial charge on any atom is -0.350 e. The van der Waals surface area contributed by atoms with Crippen LogP contribution in [-0.4, -0.2) is 45.1 Å². The Bertz CT molecular complexity index is 992. The molecule has 2 fully saturated rings. The fourth-order valence-corrected chi connectivity index (χ4v) is 3.94. The Morgan fingerprint density at radius 1 is 1.32 bits per heavy atom. The molecule has 12 heteroatoms. The van der Waals surface area contributed by atoms with Crippen LogP contribution in [0.1, 0.15) is 30.5 Å². The van der Waals surface area contributed by atoms with Gasteiger partial charge in [-0.2, -0.15) is 18.3 Å². The summed E-state index contributed by atoms with van der Waals surface area (Å²) in [6, 6.07) is -0.207. The van der Waals surface area contributed by atoms with E-state index in [-0.39, 0.29) is 37.6 Å². The average Bonchev–Trinajstić information content (AvgIpc) is 3.14. The van der Waals surface area contributed by atoms with Crippen LogP contribution in [-0.2, 0) is 22.6 Å². The molecular weight excluding hydrogens is 425 g/mol. The van der Waals surface area contributed by atoms with E-state index in [0.29, 0.717) is 23.3 Å². The van der Waals surface area contributed by atoms with Crippen molar-refractivity contribution in [1.82, 2.24) is 25.2 Å². The van der Waals surface area contributed by atoms with Crippen molar-refractivity contribution in [2.75, 3.05) is 0 Å². The molecule has 2 amide bonds. The molecule has 31 heavy (non-hydrogen) atoms. The fraction of sp³-hybridized carbons (Fsp3) is 0.579. The van der Waals surface area contributed by atoms with Gasteiger partial charge in [0.2, 0.25) is 18.2 Å². The summed E-state index contributed by atoms with van der Waals surface area (Å²) in [4.78, 5) is 28.2. The topological polar surface area (TPSA) is 88.4 Å². The number of aromatic nitrogens is 3. The van der Waals surface area contributed by atoms with Crippen LogP contribution in [0.15, 0.2) is 18.5 Å². The van der Waals surface area contributed by atoms with E-state index in [1.165, 1.54) is 10.7 Å². The van der Waals surface area contributed by atoms with Gasteiger partial charge < -0.3 is 10.6 Å². The molecule has 0 bridgehead atoms. The molecule has 4 unspecified atom stereocenters. The van der Waals surface area contributed by atoms with Gasteiger partial charge in [0.25, 0.3) is 0 Å². The third kappa shape index (κ3) is 4.93. The van der Waals surface area contributed by atoms with Crippen LogP contribution in [0.4, 0.5) is 22.0 Å². The Hall–Kier alpha value is -2.79. The first-order valence-electron chi connectivity index (χ1n) is 9.86. The van der Waals surface area contributed by atoms with E-state index in [0.717, 1.165) is 0 Å². The first-order chi connectivity index (χ1) is 14.6. The summed E-state index contributed by atoms with van der Waals surface area (Å²) in [6.45, 7) is 0.105. The highest BCUT2D eigenvalue weighted by Crippen LogP contribution is 2.42. The number of nitrogens with one attached hydrogen (secondary N) is 2. The highest BCUT2D eigenvalue weighted by atomic mass is 19.4. The largest absolute Gasteiger partial charge is 0.408 e. The lowest BCUT2D eigenvalue weighted by Gasteiger charge is -2.13. The molecule has 3 heterocycles. The molecule has 4 atom stereocenters. The first-order valence-corrected chi connectivity index (χ1v) is 9.86. The van der Waals surface area contributed by atoms with Gasteiger partial charge in [0.1, 0.15) is 6.04 Å². The van der Waals surface area contributed by atoms with Gasteiger partial charge in [-0.25, -0.2) is 18.3 Å². The quantitative estimate of drug-likeness (QED) is 0.640. The normalized spacial score (nSPS) is 25.8. The molecule has 1 aliphatic carbocycles. The van der Waals surface area contributed by atoms with Crippen molar-refractivity contribution in [1.29, 1.82) is 0 Å². The Balaban J connectivity index is 1.34. The predicted octanol–water partition coefficient (Wildman–Crippen LogP) is 2.25. The molecule has 7 nitrogen and oxygen atoms in total. The van der Waals surface area contributed by atoms with Gasteiger partial charge in [-0.1, -0.05) is 0 Å². The second-order valence-electron chi connectivity index (χ2n) is 8.09. The second kappa shape index (κ2) is 8.04. The number of hydrogen-bond donors (Lipinski definition) is 2. The van der Waals surface area contributed by atoms with E-state index < -0.39 is 36.4 Å². The molecule has 2 aliphatic rings. The van der Waals surface area contributed by atoms with E-state index in [1.54, 1.807) is 12.3 Å². The average molecular weight is 445 g/mol. The van der Waals surface area contributed by atoms with Gasteiger partial charge >= 0.3 is 6.18 Å². The third-order valence-electron chi connectivity index (χ3n) is 5.70. The number of hydrogen-bond acceptors (Lipinski definition) is 4. The Morgan fingerprint density at radius 2 is 2.10 bits per heavy atom. The predicted molar refractivity (Wildman–Crippen MR) is 96.8 cm³/mol. The molecule has 4 rings (SSSR count). The number of alkyl halides is 5. The summed E-state index contributed by atoms with van der Waals surface area (Å²) in [5.74, 6) is -2.41. The Kier molecular flexibility index (Phi) is 5.56. The van der Waals surface area contributed by atoms with Crippen molar-refractivity contribution in [3.8, 4) is 0 Å². The van der Waals surface area contributed by atoms with Crippen LogP contribution in [0.25, 0.3) is 5.65 Å². The first kappa shape index (κ1) is 21.4. The number of amides is 2. The van der Waals surface area contributed by atoms with Gasteiger partial charge in [-0.3, -0.25) is 9.59 Å². The Morgan fingerprint density at radius 3 is 2.77 bits per heavy atom. The standard InChI is InChI=1S/C19H20F5N5O2/c20-15(21)5-10-3-13(10)18(31)25-7-12-8-29-16(27-12)2-9(6-26-29)1-11-4-14(19(22,23)24)28-17(11)30/h2,6,8,10-11,13-15H,1,3-5,7H2,(H,25,31)(H,28,30). The SMILES string of the molecule is O=C1NC(C(F)(F)F)CC1Cc1cnn2cc(CNC(=O)C3CC3CC(F)F)nc2c1. The fourth-order valence-electron chi connectivity index (χ4n) is 3.94. The van der Waals surface area contributed by atoms with Crippen LogP contribution in [0, 0.1) is 17.8 Å². The maximum Gasteiger partial charge on any atom is 0.408 e. The summed E-state index contributed by atoms with van der Waals surface area (Å²) < 4.78 is 64.6. The number of nitrogens with zero attached hydrogens (tertiary/aromatic N) is 3. The Labute approximate surface area is 173 Å². The van der Waals surface area contributed by atoms with Crippen molar-refractivity contribution in [3.63, 3.8) is 0 Å². The molecule has 1 saturated carbocycles. The van der Waals surface area contributed by atoms with Crippen LogP contribution in [0.2, 0.25) is 0 Å². The van der Waals surface area contributed by atoms with E-state index >= 15 is 0 Å². The number of carbonyl (C=O) groups is 2. The molecule has 168 valence electrons. The monoisotopic (exact) mass is 445 g/mol. The zero-order valence-corrected chi connectivity index (χ0v) is 16.2. The summed E-state index contributed by atoms with van der Waals surface area (Å²) in [6.07, 6.45) is -3.89. The van der Waals surface area contributed by atoms with Gasteiger partial charge in [-0.05, 0) is 36.8 Å². The lowest BCUT2D eigenvalue weighted by Crippen LogP contribution is -2.38. The number of fused-ring (bicyclic) bond motifs is 1. The zero-order valence-electron chi connectivity index (χ0n) is 16.2. The van der Waals surface area contributed by atoms with Crippen LogP contribution >= 0.6 is 0 Å². The van der Waals surface area contributed by atoms with Crippen LogP contribution in [0.3, 0.4) is 0 Å². The highest BCUT2D eigenvalue weighted by Gasteiger charge is 2.47. The van der Waals surface area contributed by atoms with Crippen LogP contribution < -0.4 is 10.6 Å². The molecule has 0 spiro atoms. The lowest BCUT2D eigenvalue weighted by atomic mass is 9.97. The maximum absolute atomic E-state index is 12.8. The lowest BCUT2D eigenvalue weighted by molar-refractivity contribution is -0.154. The summed E-state index contributed by atoms with van der Waals surface area (Å²) in [5.41, 5.74) is 1.50. The number of rotatable bonds is 7. The number of imidazole rings is 1. The molecule has 0 aromatic carbocycles. The number of carbonyl (C=O) groups excluding carboxylic acids is 2. The van der Waals surface area contributed by atoms with Gasteiger partial charge in [-0.15, -0.1) is 0 Å². The minimum absolute atomic E-state index is 0.105. The molecule has 2 aromatic rings. The van der Waals surface area contributed by atoms with Gasteiger partial charge in [0, 0.05) is 18.3 Å². The van der Waals surface area contributed by atoms with Crippen molar-refractivity contribution in [2.45, 2.75) is 50.9 Å². The van der Waals surface area contributed by atoms with Crippen molar-refractivity contribution < 1.29 is 31.5 Å². The number of halogens is 5. The zero-order chi connectivity index (χ0) is 22.3. The van der Waals surface area contributed by atoms with Crippen LogP contribution in [0.5, 0.6) is 0 Å². The smallest absolute Gasteiger partial charge is 0.350 e. The third-order valence-corrected chi connectivity index (χ3v) is 5.70. The summed E-state index contributed by atoms with van der Waals surface area (Å²) in [5, 5.41) is 8.81. The molecule has 1 saturated heterocycles. The van der Waals surface area contributed by atoms with E-state index in [2.05, 4.69) is 15.4 Å². The molecule has 2 aromatic heterocycles. The maximum atomic E-state index is 12.8. The molecule has 1 aliphatic heterocycles. The van der Waals surface area contributed by atoms with E-state index in [1.807, 2.05) is 5.32 Å². The summed E-state index contributed by atoms with van der Waals surface area (Å²) in [7, 11) is 0. The minimum atomic E-state index is -4.48. The molecule has 0 radical (unpaired) electrons. The van der Waals surface area contributed by atoms with E-state index in [4.69, 9.17) is 0 Å². The van der Waals surface area contributed by atoms with Gasteiger partial charge in [0.05, 0.1) is 24.6 Å². The van der Waals surface area contributed by atoms with Gasteiger partial charge in [0.15, 0.2) is 5.65 Å². The highest BCUT2D eigenvalue weighted by molar-refractivity contribution is 5.82. The molecule has 2 N–H and O–H groups in total. The van der Waals surface area contributed by atoms with Crippen molar-refractivity contribution in [2.24, 2.45) is 17.8 Å².